The van der Waals surface area contributed by atoms with E-state index in [1.807, 2.05) is 0 Å². The maximum atomic E-state index is 2.56. The topological polar surface area (TPSA) is 13.0 Å². The molecule has 4 nitrogen and oxygen atoms in total. The molecule has 638 valence electrons. The zero-order valence-corrected chi connectivity index (χ0v) is 83.9. The van der Waals surface area contributed by atoms with Crippen molar-refractivity contribution in [2.75, 3.05) is 47.8 Å². The van der Waals surface area contributed by atoms with E-state index in [1.165, 1.54) is 285 Å². The van der Waals surface area contributed by atoms with Gasteiger partial charge < -0.3 is 19.6 Å². The van der Waals surface area contributed by atoms with Crippen LogP contribution in [0.1, 0.15) is 323 Å². The first-order valence-corrected chi connectivity index (χ1v) is 46.1. The Bertz CT molecular complexity index is 6400. The van der Waals surface area contributed by atoms with Gasteiger partial charge in [-0.3, -0.25) is 0 Å². The van der Waals surface area contributed by atoms with Crippen molar-refractivity contribution in [2.24, 2.45) is 0 Å². The van der Waals surface area contributed by atoms with Crippen molar-refractivity contribution in [3.63, 3.8) is 0 Å². The van der Waals surface area contributed by atoms with Gasteiger partial charge in [0, 0.05) is 106 Å². The van der Waals surface area contributed by atoms with Crippen LogP contribution in [-0.4, -0.2) is 28.2 Å². The molecular weight excluding hydrogens is 1470 g/mol. The average Bonchev–Trinajstić information content (AvgIpc) is 0.695. The van der Waals surface area contributed by atoms with Gasteiger partial charge in [0.05, 0.1) is 0 Å². The lowest BCUT2D eigenvalue weighted by molar-refractivity contribution is 0.897. The highest BCUT2D eigenvalue weighted by atomic mass is 15.1. The van der Waals surface area contributed by atoms with Gasteiger partial charge in [0.25, 0.3) is 0 Å². The summed E-state index contributed by atoms with van der Waals surface area (Å²) in [7, 11) is 9.17. The molecule has 122 heavy (non-hydrogen) atoms. The van der Waals surface area contributed by atoms with E-state index < -0.39 is 0 Å². The van der Waals surface area contributed by atoms with Crippen LogP contribution in [-0.2, 0) is 64.2 Å². The summed E-state index contributed by atoms with van der Waals surface area (Å²) in [4.78, 5) is 10.1. The molecule has 0 N–H and O–H groups in total. The molecule has 0 saturated carbocycles. The molecule has 0 unspecified atom stereocenters. The Hall–Kier alpha value is -9.38. The first-order chi connectivity index (χ1) is 57.1. The van der Waals surface area contributed by atoms with Gasteiger partial charge >= 0.3 is 0 Å². The van der Waals surface area contributed by atoms with Crippen LogP contribution in [0.25, 0.3) is 0 Å². The summed E-state index contributed by atoms with van der Waals surface area (Å²) in [5.74, 6) is 0. The lowest BCUT2D eigenvalue weighted by Crippen LogP contribution is -2.27. The van der Waals surface area contributed by atoms with Gasteiger partial charge in [0.15, 0.2) is 0 Å². The number of hydrogen-bond donors (Lipinski definition) is 0. The molecule has 0 saturated heterocycles. The highest BCUT2D eigenvalue weighted by Crippen LogP contribution is 2.56. The fourth-order valence-electron chi connectivity index (χ4n) is 25.1. The Morgan fingerprint density at radius 3 is 0.467 bits per heavy atom. The molecule has 3 aliphatic carbocycles. The fraction of sp³-hybridized carbons (Fsp3) is 0.441. The fourth-order valence-corrected chi connectivity index (χ4v) is 25.1. The van der Waals surface area contributed by atoms with Gasteiger partial charge in [0.2, 0.25) is 0 Å². The first-order valence-electron chi connectivity index (χ1n) is 46.1. The van der Waals surface area contributed by atoms with Gasteiger partial charge in [-0.15, -0.1) is 0 Å². The van der Waals surface area contributed by atoms with Crippen LogP contribution < -0.4 is 19.6 Å². The molecule has 7 aliphatic rings. The number of anilines is 8. The third-order valence-corrected chi connectivity index (χ3v) is 36.1. The third-order valence-electron chi connectivity index (χ3n) is 36.1. The van der Waals surface area contributed by atoms with Gasteiger partial charge in [-0.1, -0.05) is 0 Å². The maximum absolute atomic E-state index is 2.56. The molecule has 0 bridgehead atoms. The molecule has 0 spiro atoms. The van der Waals surface area contributed by atoms with Crippen molar-refractivity contribution < 1.29 is 0 Å². The smallest absolute Gasteiger partial charge is 0.0485 e. The standard InChI is InChI=1S/3C32H39N.C22H29N/c1-15-16(2)20(6)26-13-30-27(12-25(26)19(15)5)22(8)23(9)29-14-28-21(7)17(3)18(4)24(10)31(28)33(11)32(29)30;1-15-16(2)20(6)26-13-29-27(12-25(26)19(15)5)22(8)24(10)32-30(29)14-28-21(7)17(3)18(4)23(9)31(28)33(32)11;1-15-16(2)20(6)26-13-28-24(10)32-30(23(9)27(28)12-25(26)19(15)5)14-29-21(7)17(3)18(4)22(8)31(29)33(32)11;1-11-13(3)17(7)21-19(15(11)5)10-20-16(6)12(2)14(4)18(8)22(20)23(21)9/h3*12-14H2,1-11H3;10H2,1-9H3. The van der Waals surface area contributed by atoms with Gasteiger partial charge in [0.1, 0.15) is 0 Å². The van der Waals surface area contributed by atoms with Crippen molar-refractivity contribution in [2.45, 2.75) is 327 Å². The summed E-state index contributed by atoms with van der Waals surface area (Å²) in [5.41, 5.74) is 99.0. The molecule has 18 rings (SSSR count). The number of hydrogen-bond acceptors (Lipinski definition) is 4. The third kappa shape index (κ3) is 12.5. The van der Waals surface area contributed by atoms with Crippen molar-refractivity contribution in [1.82, 2.24) is 0 Å². The van der Waals surface area contributed by atoms with Gasteiger partial charge in [-0.05, 0) is 618 Å². The Labute approximate surface area is 738 Å². The predicted octanol–water partition coefficient (Wildman–Crippen LogP) is 29.6. The van der Waals surface area contributed by atoms with E-state index in [-0.39, 0.29) is 0 Å². The summed E-state index contributed by atoms with van der Waals surface area (Å²) in [6, 6.07) is 0. The van der Waals surface area contributed by atoms with Crippen LogP contribution >= 0.6 is 0 Å². The second kappa shape index (κ2) is 30.8. The van der Waals surface area contributed by atoms with E-state index in [4.69, 9.17) is 0 Å². The van der Waals surface area contributed by atoms with Crippen LogP contribution in [0, 0.1) is 263 Å². The highest BCUT2D eigenvalue weighted by molar-refractivity contribution is 5.89. The lowest BCUT2D eigenvalue weighted by Gasteiger charge is -2.40. The summed E-state index contributed by atoms with van der Waals surface area (Å²) in [6.45, 7) is 88.1. The maximum Gasteiger partial charge on any atom is 0.0485 e. The molecule has 0 fully saturated rings. The number of rotatable bonds is 0. The van der Waals surface area contributed by atoms with Crippen LogP contribution in [0.4, 0.5) is 45.5 Å². The summed E-state index contributed by atoms with van der Waals surface area (Å²) < 4.78 is 0. The van der Waals surface area contributed by atoms with Gasteiger partial charge in [-0.25, -0.2) is 0 Å². The zero-order valence-electron chi connectivity index (χ0n) is 83.9. The minimum absolute atomic E-state index is 1.06. The molecule has 0 amide bonds. The quantitative estimate of drug-likeness (QED) is 0.150. The molecule has 0 radical (unpaired) electrons. The van der Waals surface area contributed by atoms with Crippen molar-refractivity contribution >= 4 is 45.5 Å². The Balaban J connectivity index is 0.000000127. The molecule has 0 aromatic heterocycles. The minimum Gasteiger partial charge on any atom is -0.344 e. The van der Waals surface area contributed by atoms with Crippen molar-refractivity contribution in [3.05, 3.63) is 323 Å². The first kappa shape index (κ1) is 87.5. The van der Waals surface area contributed by atoms with Crippen LogP contribution in [0.2, 0.25) is 0 Å². The zero-order chi connectivity index (χ0) is 89.5. The molecule has 11 aromatic rings. The minimum atomic E-state index is 1.06. The molecular formula is C118H146N4. The van der Waals surface area contributed by atoms with Crippen LogP contribution in [0.15, 0.2) is 0 Å². The SMILES string of the molecule is Cc1c(C)c(C)c2c(c1C)Cc1c(C)c(C)c(C)c(C)c1N2C.Cc1c(C)c(C)c2c(c1C)Cc1c(C)c(C)c3c(c1C2)Cc1c(C)c(C)c(C)c(C)c1N3C.Cc1c(C)c(C)c2c(c1C)Cc1c(C)c(C)c3c(c1C2)N(C)c1c(C)c(C)c(C)c(C)c1C3.Cc1c(C)c(C)c2c(c1C)Cc1c(C)c3c(c(C)c1C2)N(C)c1c(C)c(C)c(C)c(C)c1C3. The molecule has 4 heteroatoms. The highest BCUT2D eigenvalue weighted by Gasteiger charge is 2.40. The molecule has 0 atom stereocenters. The normalized spacial score (nSPS) is 13.9. The van der Waals surface area contributed by atoms with E-state index >= 15 is 0 Å². The molecule has 4 aliphatic heterocycles. The second-order valence-electron chi connectivity index (χ2n) is 40.1. The monoisotopic (exact) mass is 1620 g/mol. The number of fused-ring (bicyclic) bond motifs is 16. The second-order valence-corrected chi connectivity index (χ2v) is 40.1. The van der Waals surface area contributed by atoms with Crippen LogP contribution in [0.5, 0.6) is 0 Å². The molecule has 4 heterocycles. The van der Waals surface area contributed by atoms with Crippen molar-refractivity contribution in [1.29, 1.82) is 0 Å². The summed E-state index contributed by atoms with van der Waals surface area (Å²) in [6.07, 6.45) is 10.7. The average molecular weight is 1620 g/mol. The Morgan fingerprint density at radius 2 is 0.197 bits per heavy atom. The van der Waals surface area contributed by atoms with E-state index in [9.17, 15) is 0 Å². The van der Waals surface area contributed by atoms with E-state index in [0.717, 1.165) is 64.2 Å². The van der Waals surface area contributed by atoms with E-state index in [0.29, 0.717) is 0 Å². The number of benzene rings is 11. The predicted molar refractivity (Wildman–Crippen MR) is 531 cm³/mol. The van der Waals surface area contributed by atoms with Gasteiger partial charge in [-0.2, -0.15) is 0 Å². The van der Waals surface area contributed by atoms with Crippen molar-refractivity contribution in [3.8, 4) is 0 Å². The summed E-state index contributed by atoms with van der Waals surface area (Å²) in [5, 5.41) is 0. The van der Waals surface area contributed by atoms with E-state index in [2.05, 4.69) is 311 Å². The van der Waals surface area contributed by atoms with Crippen LogP contribution in [0.3, 0.4) is 0 Å². The number of nitrogens with zero attached hydrogens (tertiary/aromatic N) is 4. The summed E-state index contributed by atoms with van der Waals surface area (Å²) >= 11 is 0. The largest absolute Gasteiger partial charge is 0.344 e. The Morgan fingerprint density at radius 1 is 0.0902 bits per heavy atom. The van der Waals surface area contributed by atoms with E-state index in [1.54, 1.807) is 83.5 Å². The lowest BCUT2D eigenvalue weighted by atomic mass is 9.73. The Kier molecular flexibility index (Phi) is 22.1. The molecule has 11 aromatic carbocycles.